The van der Waals surface area contributed by atoms with Gasteiger partial charge in [-0.3, -0.25) is 0 Å². The van der Waals surface area contributed by atoms with Crippen LogP contribution >= 0.6 is 0 Å². The monoisotopic (exact) mass is 129 g/mol. The molecule has 1 fully saturated rings. The van der Waals surface area contributed by atoms with Gasteiger partial charge in [0.1, 0.15) is 0 Å². The first kappa shape index (κ1) is 7.03. The van der Waals surface area contributed by atoms with Crippen molar-refractivity contribution in [2.75, 3.05) is 14.1 Å². The van der Waals surface area contributed by atoms with Gasteiger partial charge >= 0.3 is 0 Å². The molecule has 2 nitrogen and oxygen atoms in total. The molecule has 0 saturated heterocycles. The van der Waals surface area contributed by atoms with Crippen LogP contribution in [0.1, 0.15) is 19.3 Å². The fraction of sp³-hybridized carbons (Fsp3) is 1.00. The maximum Gasteiger partial charge on any atom is 0.0695 e. The van der Waals surface area contributed by atoms with Crippen molar-refractivity contribution in [1.29, 1.82) is 0 Å². The van der Waals surface area contributed by atoms with Crippen LogP contribution in [0.5, 0.6) is 0 Å². The van der Waals surface area contributed by atoms with Gasteiger partial charge in [-0.2, -0.15) is 0 Å². The largest absolute Gasteiger partial charge is 0.391 e. The molecule has 54 valence electrons. The predicted octanol–water partition coefficient (Wildman–Crippen LogP) is 0.461. The summed E-state index contributed by atoms with van der Waals surface area (Å²) >= 11 is 0. The normalized spacial score (nSPS) is 36.0. The summed E-state index contributed by atoms with van der Waals surface area (Å²) in [6.45, 7) is 0. The summed E-state index contributed by atoms with van der Waals surface area (Å²) in [5.74, 6) is 0. The third-order valence-electron chi connectivity index (χ3n) is 2.11. The first-order chi connectivity index (χ1) is 4.22. The van der Waals surface area contributed by atoms with E-state index in [2.05, 4.69) is 4.90 Å². The second-order valence-electron chi connectivity index (χ2n) is 3.03. The topological polar surface area (TPSA) is 23.5 Å². The highest BCUT2D eigenvalue weighted by Gasteiger charge is 2.26. The minimum atomic E-state index is -0.0694. The zero-order valence-electron chi connectivity index (χ0n) is 6.17. The smallest absolute Gasteiger partial charge is 0.0695 e. The van der Waals surface area contributed by atoms with Crippen molar-refractivity contribution in [2.45, 2.75) is 31.4 Å². The SMILES string of the molecule is CN(C)[C@H]1CCC[C@@H]1O. The van der Waals surface area contributed by atoms with Gasteiger partial charge in [0, 0.05) is 6.04 Å². The lowest BCUT2D eigenvalue weighted by Crippen LogP contribution is -2.34. The molecule has 2 atom stereocenters. The zero-order chi connectivity index (χ0) is 6.85. The Hall–Kier alpha value is -0.0800. The van der Waals surface area contributed by atoms with Gasteiger partial charge in [-0.1, -0.05) is 0 Å². The quantitative estimate of drug-likeness (QED) is 0.556. The molecule has 0 spiro atoms. The van der Waals surface area contributed by atoms with E-state index in [-0.39, 0.29) is 6.10 Å². The lowest BCUT2D eigenvalue weighted by molar-refractivity contribution is 0.100. The van der Waals surface area contributed by atoms with Crippen LogP contribution < -0.4 is 0 Å². The molecular formula is C7H15NO. The fourth-order valence-corrected chi connectivity index (χ4v) is 1.52. The van der Waals surface area contributed by atoms with Gasteiger partial charge in [-0.15, -0.1) is 0 Å². The third kappa shape index (κ3) is 1.43. The van der Waals surface area contributed by atoms with Gasteiger partial charge in [0.15, 0.2) is 0 Å². The molecule has 1 N–H and O–H groups in total. The zero-order valence-corrected chi connectivity index (χ0v) is 6.17. The third-order valence-corrected chi connectivity index (χ3v) is 2.11. The molecule has 1 aliphatic carbocycles. The molecule has 0 aromatic heterocycles. The molecule has 0 aromatic carbocycles. The van der Waals surface area contributed by atoms with Crippen molar-refractivity contribution in [3.8, 4) is 0 Å². The Morgan fingerprint density at radius 1 is 1.33 bits per heavy atom. The average Bonchev–Trinajstić information content (AvgIpc) is 2.13. The Morgan fingerprint density at radius 3 is 2.22 bits per heavy atom. The number of aliphatic hydroxyl groups is 1. The summed E-state index contributed by atoms with van der Waals surface area (Å²) < 4.78 is 0. The number of hydrogen-bond acceptors (Lipinski definition) is 2. The highest BCUT2D eigenvalue weighted by Crippen LogP contribution is 2.21. The van der Waals surface area contributed by atoms with E-state index in [4.69, 9.17) is 0 Å². The van der Waals surface area contributed by atoms with Gasteiger partial charge < -0.3 is 10.0 Å². The van der Waals surface area contributed by atoms with E-state index < -0.39 is 0 Å². The Kier molecular flexibility index (Phi) is 2.09. The van der Waals surface area contributed by atoms with E-state index in [1.165, 1.54) is 6.42 Å². The van der Waals surface area contributed by atoms with Crippen molar-refractivity contribution in [1.82, 2.24) is 4.90 Å². The minimum absolute atomic E-state index is 0.0694. The van der Waals surface area contributed by atoms with Crippen LogP contribution in [0, 0.1) is 0 Å². The van der Waals surface area contributed by atoms with Crippen LogP contribution in [0.25, 0.3) is 0 Å². The van der Waals surface area contributed by atoms with Gasteiger partial charge in [0.25, 0.3) is 0 Å². The second-order valence-corrected chi connectivity index (χ2v) is 3.03. The highest BCUT2D eigenvalue weighted by molar-refractivity contribution is 4.81. The molecule has 0 unspecified atom stereocenters. The van der Waals surface area contributed by atoms with Gasteiger partial charge in [-0.25, -0.2) is 0 Å². The molecule has 0 aromatic rings. The van der Waals surface area contributed by atoms with E-state index in [1.54, 1.807) is 0 Å². The summed E-state index contributed by atoms with van der Waals surface area (Å²) in [5, 5.41) is 9.32. The molecule has 0 bridgehead atoms. The maximum absolute atomic E-state index is 9.32. The number of rotatable bonds is 1. The molecule has 1 rings (SSSR count). The standard InChI is InChI=1S/C7H15NO/c1-8(2)6-4-3-5-7(6)9/h6-7,9H,3-5H2,1-2H3/t6-,7-/m0/s1. The van der Waals surface area contributed by atoms with Gasteiger partial charge in [0.05, 0.1) is 6.10 Å². The summed E-state index contributed by atoms with van der Waals surface area (Å²) in [5.41, 5.74) is 0. The second kappa shape index (κ2) is 2.67. The average molecular weight is 129 g/mol. The van der Waals surface area contributed by atoms with Crippen molar-refractivity contribution < 1.29 is 5.11 Å². The van der Waals surface area contributed by atoms with E-state index >= 15 is 0 Å². The number of aliphatic hydroxyl groups excluding tert-OH is 1. The lowest BCUT2D eigenvalue weighted by Gasteiger charge is -2.21. The molecule has 0 radical (unpaired) electrons. The predicted molar refractivity (Wildman–Crippen MR) is 37.3 cm³/mol. The molecular weight excluding hydrogens is 114 g/mol. The Labute approximate surface area is 56.5 Å². The van der Waals surface area contributed by atoms with Crippen LogP contribution in [0.15, 0.2) is 0 Å². The molecule has 0 heterocycles. The van der Waals surface area contributed by atoms with E-state index in [0.717, 1.165) is 12.8 Å². The van der Waals surface area contributed by atoms with Crippen LogP contribution in [-0.2, 0) is 0 Å². The number of nitrogens with zero attached hydrogens (tertiary/aromatic N) is 1. The molecule has 0 amide bonds. The van der Waals surface area contributed by atoms with Crippen molar-refractivity contribution in [2.24, 2.45) is 0 Å². The van der Waals surface area contributed by atoms with Crippen LogP contribution in [0.4, 0.5) is 0 Å². The molecule has 0 aliphatic heterocycles. The first-order valence-electron chi connectivity index (χ1n) is 3.56. The van der Waals surface area contributed by atoms with Crippen molar-refractivity contribution in [3.63, 3.8) is 0 Å². The molecule has 2 heteroatoms. The molecule has 9 heavy (non-hydrogen) atoms. The van der Waals surface area contributed by atoms with E-state index in [0.29, 0.717) is 6.04 Å². The highest BCUT2D eigenvalue weighted by atomic mass is 16.3. The first-order valence-corrected chi connectivity index (χ1v) is 3.56. The van der Waals surface area contributed by atoms with Crippen LogP contribution in [0.3, 0.4) is 0 Å². The Balaban J connectivity index is 2.40. The Bertz CT molecular complexity index is 92.9. The van der Waals surface area contributed by atoms with E-state index in [9.17, 15) is 5.11 Å². The van der Waals surface area contributed by atoms with E-state index in [1.807, 2.05) is 14.1 Å². The fourth-order valence-electron chi connectivity index (χ4n) is 1.52. The summed E-state index contributed by atoms with van der Waals surface area (Å²) in [7, 11) is 4.05. The van der Waals surface area contributed by atoms with Crippen molar-refractivity contribution >= 4 is 0 Å². The van der Waals surface area contributed by atoms with Gasteiger partial charge in [-0.05, 0) is 33.4 Å². The number of likely N-dealkylation sites (N-methyl/N-ethyl adjacent to an activating group) is 1. The summed E-state index contributed by atoms with van der Waals surface area (Å²) in [6, 6.07) is 0.421. The van der Waals surface area contributed by atoms with Gasteiger partial charge in [0.2, 0.25) is 0 Å². The number of hydrogen-bond donors (Lipinski definition) is 1. The minimum Gasteiger partial charge on any atom is -0.391 e. The Morgan fingerprint density at radius 2 is 2.00 bits per heavy atom. The summed E-state index contributed by atoms with van der Waals surface area (Å²) in [4.78, 5) is 2.11. The summed E-state index contributed by atoms with van der Waals surface area (Å²) in [6.07, 6.45) is 3.26. The molecule has 1 saturated carbocycles. The van der Waals surface area contributed by atoms with Crippen molar-refractivity contribution in [3.05, 3.63) is 0 Å². The lowest BCUT2D eigenvalue weighted by atomic mass is 10.2. The molecule has 1 aliphatic rings. The maximum atomic E-state index is 9.32. The van der Waals surface area contributed by atoms with Crippen LogP contribution in [0.2, 0.25) is 0 Å². The van der Waals surface area contributed by atoms with Crippen LogP contribution in [-0.4, -0.2) is 36.2 Å².